The van der Waals surface area contributed by atoms with Crippen LogP contribution in [-0.2, 0) is 20.0 Å². The van der Waals surface area contributed by atoms with E-state index >= 15 is 0 Å². The zero-order valence-electron chi connectivity index (χ0n) is 19.4. The number of nitrogens with two attached hydrogens (primary N) is 1. The average Bonchev–Trinajstić information content (AvgIpc) is 3.27. The molecule has 0 radical (unpaired) electrons. The second-order valence-electron chi connectivity index (χ2n) is 9.41. The molecule has 1 aliphatic heterocycles. The lowest BCUT2D eigenvalue weighted by Gasteiger charge is -2.33. The highest BCUT2D eigenvalue weighted by molar-refractivity contribution is 7.99. The summed E-state index contributed by atoms with van der Waals surface area (Å²) in [4.78, 5) is 14.8. The van der Waals surface area contributed by atoms with E-state index in [-0.39, 0.29) is 40.7 Å². The van der Waals surface area contributed by atoms with Crippen molar-refractivity contribution in [1.82, 2.24) is 19.8 Å². The van der Waals surface area contributed by atoms with Gasteiger partial charge in [-0.05, 0) is 30.7 Å². The number of hydrogen-bond acceptors (Lipinski definition) is 7. The van der Waals surface area contributed by atoms with E-state index in [2.05, 4.69) is 43.1 Å². The standard InChI is InChI=1S/C22H33N5O3S2/c1-6-15(2)26(18-11-12-32(29,30)14-18)19(28)13-31-21-25-24-20(27(21)23)16-7-9-17(10-8-16)22(3,4)5/h7-10,15,18H,6,11-14,23H2,1-5H3/t15-,18-/m0/s1. The third kappa shape index (κ3) is 5.46. The summed E-state index contributed by atoms with van der Waals surface area (Å²) in [7, 11) is -3.08. The zero-order valence-corrected chi connectivity index (χ0v) is 21.0. The number of aromatic nitrogens is 3. The van der Waals surface area contributed by atoms with Crippen LogP contribution in [0.3, 0.4) is 0 Å². The van der Waals surface area contributed by atoms with Gasteiger partial charge in [-0.25, -0.2) is 13.1 Å². The highest BCUT2D eigenvalue weighted by Gasteiger charge is 2.36. The molecule has 32 heavy (non-hydrogen) atoms. The Morgan fingerprint density at radius 2 is 1.94 bits per heavy atom. The number of thioether (sulfide) groups is 1. The molecule has 0 unspecified atom stereocenters. The molecule has 0 bridgehead atoms. The summed E-state index contributed by atoms with van der Waals surface area (Å²) in [5.41, 5.74) is 2.11. The minimum Gasteiger partial charge on any atom is -0.335 e. The molecule has 0 saturated carbocycles. The molecule has 1 aromatic carbocycles. The van der Waals surface area contributed by atoms with E-state index in [0.29, 0.717) is 17.4 Å². The molecule has 10 heteroatoms. The number of hydrogen-bond donors (Lipinski definition) is 1. The average molecular weight is 480 g/mol. The van der Waals surface area contributed by atoms with E-state index in [4.69, 9.17) is 5.84 Å². The van der Waals surface area contributed by atoms with Crippen molar-refractivity contribution in [2.24, 2.45) is 0 Å². The normalized spacial score (nSPS) is 19.1. The fraction of sp³-hybridized carbons (Fsp3) is 0.591. The summed E-state index contributed by atoms with van der Waals surface area (Å²) in [6.45, 7) is 10.4. The molecule has 0 aliphatic carbocycles. The molecule has 1 aromatic heterocycles. The Kier molecular flexibility index (Phi) is 7.24. The maximum absolute atomic E-state index is 13.0. The number of amides is 1. The van der Waals surface area contributed by atoms with Gasteiger partial charge in [0.2, 0.25) is 11.1 Å². The molecular weight excluding hydrogens is 446 g/mol. The number of nitrogen functional groups attached to an aromatic ring is 1. The van der Waals surface area contributed by atoms with Gasteiger partial charge in [0.05, 0.1) is 17.3 Å². The van der Waals surface area contributed by atoms with Crippen molar-refractivity contribution in [2.75, 3.05) is 23.1 Å². The SMILES string of the molecule is CC[C@H](C)N(C(=O)CSc1nnc(-c2ccc(C(C)(C)C)cc2)n1N)[C@H]1CCS(=O)(=O)C1. The lowest BCUT2D eigenvalue weighted by Crippen LogP contribution is -2.47. The predicted molar refractivity (Wildman–Crippen MR) is 129 cm³/mol. The van der Waals surface area contributed by atoms with Gasteiger partial charge in [0.15, 0.2) is 15.7 Å². The first-order chi connectivity index (χ1) is 14.9. The molecule has 3 rings (SSSR count). The Morgan fingerprint density at radius 1 is 1.28 bits per heavy atom. The van der Waals surface area contributed by atoms with E-state index in [1.165, 1.54) is 22.0 Å². The van der Waals surface area contributed by atoms with Crippen LogP contribution in [0.15, 0.2) is 29.4 Å². The Hall–Kier alpha value is -2.07. The highest BCUT2D eigenvalue weighted by atomic mass is 32.2. The van der Waals surface area contributed by atoms with Crippen LogP contribution in [0.5, 0.6) is 0 Å². The van der Waals surface area contributed by atoms with E-state index in [0.717, 1.165) is 12.0 Å². The van der Waals surface area contributed by atoms with Gasteiger partial charge >= 0.3 is 0 Å². The van der Waals surface area contributed by atoms with E-state index < -0.39 is 9.84 Å². The molecule has 2 N–H and O–H groups in total. The number of benzene rings is 1. The summed E-state index contributed by atoms with van der Waals surface area (Å²) in [5, 5.41) is 8.82. The third-order valence-electron chi connectivity index (χ3n) is 5.95. The summed E-state index contributed by atoms with van der Waals surface area (Å²) in [6.07, 6.45) is 1.25. The van der Waals surface area contributed by atoms with Gasteiger partial charge in [-0.3, -0.25) is 4.79 Å². The molecule has 0 spiro atoms. The lowest BCUT2D eigenvalue weighted by molar-refractivity contribution is -0.132. The van der Waals surface area contributed by atoms with Crippen LogP contribution >= 0.6 is 11.8 Å². The first-order valence-electron chi connectivity index (χ1n) is 10.9. The van der Waals surface area contributed by atoms with Crippen LogP contribution in [0.4, 0.5) is 0 Å². The summed E-state index contributed by atoms with van der Waals surface area (Å²) < 4.78 is 25.3. The third-order valence-corrected chi connectivity index (χ3v) is 8.63. The van der Waals surface area contributed by atoms with Crippen molar-refractivity contribution in [1.29, 1.82) is 0 Å². The van der Waals surface area contributed by atoms with Gasteiger partial charge < -0.3 is 10.7 Å². The van der Waals surface area contributed by atoms with Crippen molar-refractivity contribution in [3.63, 3.8) is 0 Å². The predicted octanol–water partition coefficient (Wildman–Crippen LogP) is 2.86. The van der Waals surface area contributed by atoms with Gasteiger partial charge in [0.1, 0.15) is 0 Å². The van der Waals surface area contributed by atoms with Crippen LogP contribution < -0.4 is 5.84 Å². The Labute approximate surface area is 194 Å². The fourth-order valence-electron chi connectivity index (χ4n) is 3.89. The molecule has 176 valence electrons. The van der Waals surface area contributed by atoms with Gasteiger partial charge in [-0.2, -0.15) is 0 Å². The van der Waals surface area contributed by atoms with Crippen LogP contribution in [0.25, 0.3) is 11.4 Å². The van der Waals surface area contributed by atoms with Crippen molar-refractivity contribution in [3.05, 3.63) is 29.8 Å². The molecular formula is C22H33N5O3S2. The van der Waals surface area contributed by atoms with Crippen LogP contribution in [0.2, 0.25) is 0 Å². The van der Waals surface area contributed by atoms with Gasteiger partial charge in [0.25, 0.3) is 0 Å². The maximum atomic E-state index is 13.0. The van der Waals surface area contributed by atoms with Crippen LogP contribution in [0, 0.1) is 0 Å². The Balaban J connectivity index is 1.71. The van der Waals surface area contributed by atoms with Crippen LogP contribution in [0.1, 0.15) is 53.0 Å². The largest absolute Gasteiger partial charge is 0.335 e. The molecule has 2 aromatic rings. The second-order valence-corrected chi connectivity index (χ2v) is 12.6. The fourth-order valence-corrected chi connectivity index (χ4v) is 6.33. The molecule has 1 aliphatic rings. The van der Waals surface area contributed by atoms with E-state index in [1.54, 1.807) is 4.90 Å². The minimum absolute atomic E-state index is 0.0333. The number of carbonyl (C=O) groups is 1. The summed E-state index contributed by atoms with van der Waals surface area (Å²) in [5.74, 6) is 6.95. The minimum atomic E-state index is -3.08. The van der Waals surface area contributed by atoms with Crippen LogP contribution in [-0.4, -0.2) is 63.4 Å². The van der Waals surface area contributed by atoms with Crippen molar-refractivity contribution >= 4 is 27.5 Å². The van der Waals surface area contributed by atoms with Gasteiger partial charge in [-0.15, -0.1) is 10.2 Å². The molecule has 8 nitrogen and oxygen atoms in total. The van der Waals surface area contributed by atoms with E-state index in [9.17, 15) is 13.2 Å². The lowest BCUT2D eigenvalue weighted by atomic mass is 9.87. The summed E-state index contributed by atoms with van der Waals surface area (Å²) >= 11 is 1.22. The molecule has 1 saturated heterocycles. The highest BCUT2D eigenvalue weighted by Crippen LogP contribution is 2.27. The number of sulfone groups is 1. The van der Waals surface area contributed by atoms with Crippen molar-refractivity contribution < 1.29 is 13.2 Å². The van der Waals surface area contributed by atoms with E-state index in [1.807, 2.05) is 26.0 Å². The summed E-state index contributed by atoms with van der Waals surface area (Å²) in [6, 6.07) is 7.75. The monoisotopic (exact) mass is 479 g/mol. The number of rotatable bonds is 7. The quantitative estimate of drug-likeness (QED) is 0.480. The van der Waals surface area contributed by atoms with Crippen molar-refractivity contribution in [3.8, 4) is 11.4 Å². The maximum Gasteiger partial charge on any atom is 0.233 e. The van der Waals surface area contributed by atoms with Gasteiger partial charge in [-0.1, -0.05) is 63.7 Å². The molecule has 1 amide bonds. The Morgan fingerprint density at radius 3 is 2.47 bits per heavy atom. The van der Waals surface area contributed by atoms with Crippen molar-refractivity contribution in [2.45, 2.75) is 70.1 Å². The first-order valence-corrected chi connectivity index (χ1v) is 13.7. The Bertz CT molecular complexity index is 1060. The van der Waals surface area contributed by atoms with Gasteiger partial charge in [0, 0.05) is 17.6 Å². The number of nitrogens with zero attached hydrogens (tertiary/aromatic N) is 4. The molecule has 2 atom stereocenters. The zero-order chi connectivity index (χ0) is 23.7. The molecule has 2 heterocycles. The topological polar surface area (TPSA) is 111 Å². The number of carbonyl (C=O) groups excluding carboxylic acids is 1. The molecule has 1 fully saturated rings. The second kappa shape index (κ2) is 9.43. The first kappa shape index (κ1) is 24.6. The smallest absolute Gasteiger partial charge is 0.233 e.